The number of Topliss-reactive ketones (excluding diaryl/α,β-unsaturated/α-hetero) is 1. The van der Waals surface area contributed by atoms with Crippen LogP contribution in [0.3, 0.4) is 0 Å². The molecule has 0 unspecified atom stereocenters. The second kappa shape index (κ2) is 6.22. The minimum atomic E-state index is 0.0493. The Bertz CT molecular complexity index is 620. The predicted molar refractivity (Wildman–Crippen MR) is 81.3 cm³/mol. The van der Waals surface area contributed by atoms with Gasteiger partial charge < -0.3 is 9.30 Å². The molecule has 1 heterocycles. The van der Waals surface area contributed by atoms with Gasteiger partial charge in [0.15, 0.2) is 5.78 Å². The van der Waals surface area contributed by atoms with Crippen molar-refractivity contribution in [3.63, 3.8) is 0 Å². The summed E-state index contributed by atoms with van der Waals surface area (Å²) in [5.41, 5.74) is 0.654. The molecule has 106 valence electrons. The predicted octanol–water partition coefficient (Wildman–Crippen LogP) is 3.66. The first kappa shape index (κ1) is 14.8. The number of benzene rings is 1. The maximum Gasteiger partial charge on any atom is 0.182 e. The Kier molecular flexibility index (Phi) is 4.60. The van der Waals surface area contributed by atoms with Crippen LogP contribution in [0.25, 0.3) is 0 Å². The number of hydrogen-bond acceptors (Lipinski definition) is 3. The lowest BCUT2D eigenvalue weighted by Gasteiger charge is -2.10. The van der Waals surface area contributed by atoms with Crippen molar-refractivity contribution in [3.8, 4) is 5.75 Å². The molecule has 0 aliphatic rings. The van der Waals surface area contributed by atoms with Gasteiger partial charge in [-0.15, -0.1) is 0 Å². The molecule has 0 N–H and O–H groups in total. The summed E-state index contributed by atoms with van der Waals surface area (Å²) in [4.78, 5) is 16.6. The quantitative estimate of drug-likeness (QED) is 0.782. The zero-order chi connectivity index (χ0) is 14.7. The average molecular weight is 337 g/mol. The first-order valence-electron chi connectivity index (χ1n) is 6.40. The second-order valence-corrected chi connectivity index (χ2v) is 5.69. The van der Waals surface area contributed by atoms with Gasteiger partial charge in [-0.25, -0.2) is 4.98 Å². The van der Waals surface area contributed by atoms with Crippen LogP contribution in [0.5, 0.6) is 5.75 Å². The van der Waals surface area contributed by atoms with Crippen molar-refractivity contribution in [2.75, 3.05) is 7.11 Å². The molecule has 4 nitrogen and oxygen atoms in total. The molecule has 2 aromatic rings. The molecule has 1 aromatic carbocycles. The van der Waals surface area contributed by atoms with Gasteiger partial charge in [-0.1, -0.05) is 13.8 Å². The van der Waals surface area contributed by atoms with E-state index >= 15 is 0 Å². The van der Waals surface area contributed by atoms with Gasteiger partial charge in [0.05, 0.1) is 18.1 Å². The summed E-state index contributed by atoms with van der Waals surface area (Å²) in [5, 5.41) is 0. The van der Waals surface area contributed by atoms with Crippen molar-refractivity contribution in [3.05, 3.63) is 46.5 Å². The summed E-state index contributed by atoms with van der Waals surface area (Å²) in [6, 6.07) is 5.35. The fourth-order valence-electron chi connectivity index (χ4n) is 2.04. The Morgan fingerprint density at radius 2 is 2.20 bits per heavy atom. The van der Waals surface area contributed by atoms with Crippen molar-refractivity contribution in [1.82, 2.24) is 9.55 Å². The van der Waals surface area contributed by atoms with Crippen molar-refractivity contribution < 1.29 is 9.53 Å². The van der Waals surface area contributed by atoms with Crippen LogP contribution in [-0.2, 0) is 6.54 Å². The molecular weight excluding hydrogens is 320 g/mol. The number of carbonyl (C=O) groups excluding carboxylic acids is 1. The van der Waals surface area contributed by atoms with Gasteiger partial charge in [0.2, 0.25) is 0 Å². The third-order valence-corrected chi connectivity index (χ3v) is 3.67. The molecule has 0 aliphatic heterocycles. The zero-order valence-corrected chi connectivity index (χ0v) is 13.3. The van der Waals surface area contributed by atoms with E-state index in [4.69, 9.17) is 4.74 Å². The number of nitrogens with zero attached hydrogens (tertiary/aromatic N) is 2. The highest BCUT2D eigenvalue weighted by atomic mass is 79.9. The molecule has 2 rings (SSSR count). The molecule has 0 fully saturated rings. The van der Waals surface area contributed by atoms with Crippen LogP contribution in [-0.4, -0.2) is 22.4 Å². The van der Waals surface area contributed by atoms with Crippen molar-refractivity contribution >= 4 is 21.7 Å². The summed E-state index contributed by atoms with van der Waals surface area (Å²) in [6.45, 7) is 4.42. The maximum atomic E-state index is 12.3. The normalized spacial score (nSPS) is 10.8. The van der Waals surface area contributed by atoms with Crippen LogP contribution in [0.2, 0.25) is 0 Å². The number of ketones is 1. The highest BCUT2D eigenvalue weighted by molar-refractivity contribution is 9.10. The highest BCUT2D eigenvalue weighted by Crippen LogP contribution is 2.26. The third kappa shape index (κ3) is 3.10. The summed E-state index contributed by atoms with van der Waals surface area (Å²) in [5.74, 6) is 1.98. The third-order valence-electron chi connectivity index (χ3n) is 3.05. The number of methoxy groups -OCH3 is 1. The molecule has 0 saturated carbocycles. The molecule has 0 aliphatic carbocycles. The molecule has 0 saturated heterocycles. The zero-order valence-electron chi connectivity index (χ0n) is 11.8. The minimum Gasteiger partial charge on any atom is -0.496 e. The number of hydrogen-bond donors (Lipinski definition) is 0. The van der Waals surface area contributed by atoms with E-state index in [9.17, 15) is 4.79 Å². The van der Waals surface area contributed by atoms with Crippen LogP contribution < -0.4 is 4.74 Å². The van der Waals surface area contributed by atoms with E-state index in [0.717, 1.165) is 10.3 Å². The lowest BCUT2D eigenvalue weighted by atomic mass is 10.1. The molecule has 20 heavy (non-hydrogen) atoms. The summed E-state index contributed by atoms with van der Waals surface area (Å²) in [6.07, 6.45) is 3.57. The van der Waals surface area contributed by atoms with Gasteiger partial charge in [-0.3, -0.25) is 4.79 Å². The smallest absolute Gasteiger partial charge is 0.182 e. The monoisotopic (exact) mass is 336 g/mol. The number of halogens is 1. The number of imidazole rings is 1. The Labute approximate surface area is 126 Å². The Hall–Kier alpha value is -1.62. The number of ether oxygens (including phenoxy) is 1. The fourth-order valence-corrected chi connectivity index (χ4v) is 2.58. The van der Waals surface area contributed by atoms with E-state index < -0.39 is 0 Å². The summed E-state index contributed by atoms with van der Waals surface area (Å²) < 4.78 is 7.84. The molecular formula is C15H17BrN2O2. The van der Waals surface area contributed by atoms with Crippen molar-refractivity contribution in [2.24, 2.45) is 0 Å². The van der Waals surface area contributed by atoms with Crippen LogP contribution in [0.4, 0.5) is 0 Å². The Morgan fingerprint density at radius 1 is 1.45 bits per heavy atom. The van der Waals surface area contributed by atoms with Crippen LogP contribution in [0, 0.1) is 0 Å². The first-order valence-corrected chi connectivity index (χ1v) is 7.20. The standard InChI is InChI=1S/C15H17BrN2O2/c1-10(2)15-17-6-7-18(15)9-13(19)11-4-5-14(20-3)12(16)8-11/h4-8,10H,9H2,1-3H3. The fraction of sp³-hybridized carbons (Fsp3) is 0.333. The number of carbonyl (C=O) groups is 1. The molecule has 0 spiro atoms. The number of rotatable bonds is 5. The van der Waals surface area contributed by atoms with Crippen molar-refractivity contribution in [1.29, 1.82) is 0 Å². The van der Waals surface area contributed by atoms with Crippen LogP contribution >= 0.6 is 15.9 Å². The second-order valence-electron chi connectivity index (χ2n) is 4.84. The van der Waals surface area contributed by atoms with Crippen molar-refractivity contribution in [2.45, 2.75) is 26.3 Å². The van der Waals surface area contributed by atoms with Crippen LogP contribution in [0.15, 0.2) is 35.1 Å². The Morgan fingerprint density at radius 3 is 2.80 bits per heavy atom. The van der Waals surface area contributed by atoms with Crippen LogP contribution in [0.1, 0.15) is 35.9 Å². The molecule has 0 radical (unpaired) electrons. The summed E-state index contributed by atoms with van der Waals surface area (Å²) in [7, 11) is 1.60. The van der Waals surface area contributed by atoms with E-state index in [1.807, 2.05) is 10.8 Å². The van der Waals surface area contributed by atoms with E-state index in [1.165, 1.54) is 0 Å². The van der Waals surface area contributed by atoms with Gasteiger partial charge >= 0.3 is 0 Å². The lowest BCUT2D eigenvalue weighted by Crippen LogP contribution is -2.13. The molecule has 0 bridgehead atoms. The maximum absolute atomic E-state index is 12.3. The van der Waals surface area contributed by atoms with Gasteiger partial charge in [-0.05, 0) is 34.1 Å². The molecule has 0 amide bonds. The molecule has 0 atom stereocenters. The SMILES string of the molecule is COc1ccc(C(=O)Cn2ccnc2C(C)C)cc1Br. The number of aromatic nitrogens is 2. The largest absolute Gasteiger partial charge is 0.496 e. The topological polar surface area (TPSA) is 44.1 Å². The van der Waals surface area contributed by atoms with E-state index in [0.29, 0.717) is 23.8 Å². The molecule has 1 aromatic heterocycles. The van der Waals surface area contributed by atoms with E-state index in [-0.39, 0.29) is 5.78 Å². The van der Waals surface area contributed by atoms with E-state index in [2.05, 4.69) is 34.8 Å². The van der Waals surface area contributed by atoms with Gasteiger partial charge in [-0.2, -0.15) is 0 Å². The van der Waals surface area contributed by atoms with E-state index in [1.54, 1.807) is 31.5 Å². The lowest BCUT2D eigenvalue weighted by molar-refractivity contribution is 0.0970. The Balaban J connectivity index is 2.20. The minimum absolute atomic E-state index is 0.0493. The average Bonchev–Trinajstić information content (AvgIpc) is 2.86. The summed E-state index contributed by atoms with van der Waals surface area (Å²) >= 11 is 3.39. The van der Waals surface area contributed by atoms with Gasteiger partial charge in [0.1, 0.15) is 11.6 Å². The van der Waals surface area contributed by atoms with Gasteiger partial charge in [0.25, 0.3) is 0 Å². The molecule has 5 heteroatoms. The first-order chi connectivity index (χ1) is 9.52. The highest BCUT2D eigenvalue weighted by Gasteiger charge is 2.13. The van der Waals surface area contributed by atoms with Gasteiger partial charge in [0, 0.05) is 23.9 Å².